The second-order valence-corrected chi connectivity index (χ2v) is 10.4. The molecular formula is C27H33ClFN3O5. The minimum Gasteiger partial charge on any atom is -0.485 e. The molecule has 37 heavy (non-hydrogen) atoms. The van der Waals surface area contributed by atoms with Crippen LogP contribution in [0.25, 0.3) is 0 Å². The van der Waals surface area contributed by atoms with E-state index in [0.29, 0.717) is 49.1 Å². The second kappa shape index (κ2) is 11.7. The molecule has 0 aromatic heterocycles. The summed E-state index contributed by atoms with van der Waals surface area (Å²) in [6.07, 6.45) is 0.00610. The van der Waals surface area contributed by atoms with E-state index in [-0.39, 0.29) is 36.5 Å². The van der Waals surface area contributed by atoms with E-state index in [0.717, 1.165) is 5.56 Å². The Morgan fingerprint density at radius 3 is 2.46 bits per heavy atom. The summed E-state index contributed by atoms with van der Waals surface area (Å²) in [7, 11) is 1.75. The largest absolute Gasteiger partial charge is 0.485 e. The predicted octanol–water partition coefficient (Wildman–Crippen LogP) is 3.52. The highest BCUT2D eigenvalue weighted by atomic mass is 35.5. The molecule has 1 amide bonds. The van der Waals surface area contributed by atoms with Crippen LogP contribution in [0.5, 0.6) is 11.5 Å². The number of carbonyl (C=O) groups excluding carboxylic acids is 1. The van der Waals surface area contributed by atoms with Crippen molar-refractivity contribution in [1.29, 1.82) is 0 Å². The SMILES string of the molecule is C[C@@H]1CN(Cc2ccc(F)cc2)[C@@H](C)CN1C(=O)COc1ccc(Cl)cc1O[C@H]1C[C@@H](C(=O)O)N(C)C1. The second-order valence-electron chi connectivity index (χ2n) is 9.95. The lowest BCUT2D eigenvalue weighted by atomic mass is 10.1. The number of hydrogen-bond acceptors (Lipinski definition) is 6. The summed E-state index contributed by atoms with van der Waals surface area (Å²) in [4.78, 5) is 30.4. The van der Waals surface area contributed by atoms with Crippen molar-refractivity contribution in [2.75, 3.05) is 33.3 Å². The highest BCUT2D eigenvalue weighted by Gasteiger charge is 2.36. The van der Waals surface area contributed by atoms with Gasteiger partial charge in [0.1, 0.15) is 18.0 Å². The quantitative estimate of drug-likeness (QED) is 0.556. The molecule has 2 heterocycles. The van der Waals surface area contributed by atoms with Gasteiger partial charge in [0.25, 0.3) is 5.91 Å². The number of halogens is 2. The molecule has 10 heteroatoms. The number of nitrogens with zero attached hydrogens (tertiary/aromatic N) is 3. The van der Waals surface area contributed by atoms with Crippen molar-refractivity contribution in [2.45, 2.75) is 51.0 Å². The molecule has 0 aliphatic carbocycles. The van der Waals surface area contributed by atoms with Crippen LogP contribution in [0.1, 0.15) is 25.8 Å². The summed E-state index contributed by atoms with van der Waals surface area (Å²) in [5.41, 5.74) is 1.03. The molecule has 8 nitrogen and oxygen atoms in total. The Bertz CT molecular complexity index is 1120. The van der Waals surface area contributed by atoms with Crippen molar-refractivity contribution in [1.82, 2.24) is 14.7 Å². The minimum absolute atomic E-state index is 0.0179. The van der Waals surface area contributed by atoms with E-state index in [1.54, 1.807) is 42.3 Å². The number of piperazine rings is 1. The van der Waals surface area contributed by atoms with Crippen molar-refractivity contribution in [2.24, 2.45) is 0 Å². The molecular weight excluding hydrogens is 501 g/mol. The Kier molecular flexibility index (Phi) is 8.56. The van der Waals surface area contributed by atoms with Crippen LogP contribution in [0, 0.1) is 5.82 Å². The molecule has 1 N–H and O–H groups in total. The first-order valence-electron chi connectivity index (χ1n) is 12.4. The number of amides is 1. The highest BCUT2D eigenvalue weighted by Crippen LogP contribution is 2.33. The van der Waals surface area contributed by atoms with Gasteiger partial charge in [-0.25, -0.2) is 4.39 Å². The predicted molar refractivity (Wildman–Crippen MR) is 137 cm³/mol. The summed E-state index contributed by atoms with van der Waals surface area (Å²) in [6.45, 7) is 6.32. The fraction of sp³-hybridized carbons (Fsp3) is 0.481. The number of hydrogen-bond donors (Lipinski definition) is 1. The van der Waals surface area contributed by atoms with E-state index in [1.807, 2.05) is 11.8 Å². The van der Waals surface area contributed by atoms with Crippen molar-refractivity contribution < 1.29 is 28.6 Å². The summed E-state index contributed by atoms with van der Waals surface area (Å²) in [5, 5.41) is 9.83. The number of ether oxygens (including phenoxy) is 2. The Morgan fingerprint density at radius 1 is 1.05 bits per heavy atom. The summed E-state index contributed by atoms with van der Waals surface area (Å²) in [5.74, 6) is -0.504. The summed E-state index contributed by atoms with van der Waals surface area (Å²) in [6, 6.07) is 10.9. The Hall–Kier alpha value is -2.88. The van der Waals surface area contributed by atoms with Crippen LogP contribution in [0.2, 0.25) is 5.02 Å². The van der Waals surface area contributed by atoms with Gasteiger partial charge in [-0.1, -0.05) is 23.7 Å². The fourth-order valence-electron chi connectivity index (χ4n) is 5.01. The fourth-order valence-corrected chi connectivity index (χ4v) is 5.17. The maximum Gasteiger partial charge on any atom is 0.321 e. The minimum atomic E-state index is -0.886. The molecule has 0 unspecified atom stereocenters. The van der Waals surface area contributed by atoms with Gasteiger partial charge in [-0.3, -0.25) is 19.4 Å². The third kappa shape index (κ3) is 6.71. The van der Waals surface area contributed by atoms with Gasteiger partial charge in [-0.15, -0.1) is 0 Å². The first kappa shape index (κ1) is 27.2. The zero-order chi connectivity index (χ0) is 26.7. The van der Waals surface area contributed by atoms with E-state index < -0.39 is 12.0 Å². The summed E-state index contributed by atoms with van der Waals surface area (Å²) < 4.78 is 25.2. The first-order valence-corrected chi connectivity index (χ1v) is 12.8. The molecule has 4 atom stereocenters. The topological polar surface area (TPSA) is 82.5 Å². The van der Waals surface area contributed by atoms with Crippen LogP contribution in [-0.2, 0) is 16.1 Å². The number of aliphatic carboxylic acids is 1. The van der Waals surface area contributed by atoms with Crippen LogP contribution in [0.3, 0.4) is 0 Å². The number of likely N-dealkylation sites (tertiary alicyclic amines) is 1. The zero-order valence-electron chi connectivity index (χ0n) is 21.3. The molecule has 0 saturated carbocycles. The molecule has 2 fully saturated rings. The molecule has 2 aliphatic heterocycles. The van der Waals surface area contributed by atoms with Gasteiger partial charge in [-0.2, -0.15) is 0 Å². The van der Waals surface area contributed by atoms with E-state index >= 15 is 0 Å². The maximum absolute atomic E-state index is 13.2. The molecule has 2 aliphatic rings. The number of carboxylic acid groups (broad SMARTS) is 1. The lowest BCUT2D eigenvalue weighted by Gasteiger charge is -2.44. The van der Waals surface area contributed by atoms with Gasteiger partial charge < -0.3 is 19.5 Å². The van der Waals surface area contributed by atoms with Gasteiger partial charge >= 0.3 is 5.97 Å². The lowest BCUT2D eigenvalue weighted by Crippen LogP contribution is -2.58. The third-order valence-corrected chi connectivity index (χ3v) is 7.31. The van der Waals surface area contributed by atoms with E-state index in [1.165, 1.54) is 12.1 Å². The van der Waals surface area contributed by atoms with Gasteiger partial charge in [0, 0.05) is 55.8 Å². The maximum atomic E-state index is 13.2. The molecule has 200 valence electrons. The van der Waals surface area contributed by atoms with Gasteiger partial charge in [0.2, 0.25) is 0 Å². The third-order valence-electron chi connectivity index (χ3n) is 7.08. The zero-order valence-corrected chi connectivity index (χ0v) is 22.0. The molecule has 2 aromatic carbocycles. The van der Waals surface area contributed by atoms with Gasteiger partial charge in [0.05, 0.1) is 0 Å². The first-order chi connectivity index (χ1) is 17.6. The Labute approximate surface area is 221 Å². The number of carbonyl (C=O) groups is 2. The van der Waals surface area contributed by atoms with Crippen LogP contribution < -0.4 is 9.47 Å². The van der Waals surface area contributed by atoms with Gasteiger partial charge in [-0.05, 0) is 50.7 Å². The van der Waals surface area contributed by atoms with Gasteiger partial charge in [0.15, 0.2) is 18.1 Å². The average molecular weight is 534 g/mol. The number of benzene rings is 2. The van der Waals surface area contributed by atoms with E-state index in [4.69, 9.17) is 21.1 Å². The van der Waals surface area contributed by atoms with Crippen molar-refractivity contribution in [3.8, 4) is 11.5 Å². The number of likely N-dealkylation sites (N-methyl/N-ethyl adjacent to an activating group) is 1. The number of rotatable bonds is 8. The van der Waals surface area contributed by atoms with Crippen LogP contribution >= 0.6 is 11.6 Å². The molecule has 0 bridgehead atoms. The highest BCUT2D eigenvalue weighted by molar-refractivity contribution is 6.30. The van der Waals surface area contributed by atoms with Crippen LogP contribution in [0.4, 0.5) is 4.39 Å². The van der Waals surface area contributed by atoms with E-state index in [9.17, 15) is 19.1 Å². The van der Waals surface area contributed by atoms with E-state index in [2.05, 4.69) is 11.8 Å². The molecule has 4 rings (SSSR count). The lowest BCUT2D eigenvalue weighted by molar-refractivity contribution is -0.142. The number of carboxylic acids is 1. The molecule has 0 radical (unpaired) electrons. The van der Waals surface area contributed by atoms with Crippen LogP contribution in [-0.4, -0.2) is 89.2 Å². The summed E-state index contributed by atoms with van der Waals surface area (Å²) >= 11 is 6.17. The van der Waals surface area contributed by atoms with Crippen molar-refractivity contribution >= 4 is 23.5 Å². The standard InChI is InChI=1S/C27H33ClFN3O5/c1-17-13-32(18(2)12-31(17)14-19-4-7-21(29)8-5-19)26(33)16-36-24-9-6-20(28)10-25(24)37-22-11-23(27(34)35)30(3)15-22/h4-10,17-18,22-23H,11-16H2,1-3H3,(H,34,35)/t17-,18+,22-,23-/m0/s1. The monoisotopic (exact) mass is 533 g/mol. The molecule has 0 spiro atoms. The van der Waals surface area contributed by atoms with Crippen molar-refractivity contribution in [3.63, 3.8) is 0 Å². The smallest absolute Gasteiger partial charge is 0.321 e. The Morgan fingerprint density at radius 2 is 1.78 bits per heavy atom. The average Bonchev–Trinajstić information content (AvgIpc) is 3.22. The van der Waals surface area contributed by atoms with Crippen molar-refractivity contribution in [3.05, 3.63) is 58.9 Å². The molecule has 2 aromatic rings. The normalized spacial score (nSPS) is 24.7. The Balaban J connectivity index is 1.35. The van der Waals surface area contributed by atoms with Crippen LogP contribution in [0.15, 0.2) is 42.5 Å². The molecule has 2 saturated heterocycles.